The Morgan fingerprint density at radius 2 is 1.86 bits per heavy atom. The first-order valence-corrected chi connectivity index (χ1v) is 9.76. The van der Waals surface area contributed by atoms with Crippen LogP contribution >= 0.6 is 11.3 Å². The summed E-state index contributed by atoms with van der Waals surface area (Å²) in [4.78, 5) is 5.05. The molecule has 0 aliphatic carbocycles. The van der Waals surface area contributed by atoms with E-state index < -0.39 is 11.7 Å². The van der Waals surface area contributed by atoms with Gasteiger partial charge in [-0.15, -0.1) is 11.3 Å². The van der Waals surface area contributed by atoms with Crippen LogP contribution in [0.3, 0.4) is 0 Å². The standard InChI is InChI=1S/C21H21F3N2OS/c1-14-7-8-16(11-15(14)2)19-13-28-20(26(19)9-4-10-27)25-18-6-3-5-17(12-18)21(22,23)24/h3,5-8,11-13,27H,4,9-10H2,1-2H3. The third-order valence-corrected chi connectivity index (χ3v) is 5.40. The molecule has 0 spiro atoms. The Morgan fingerprint density at radius 3 is 2.54 bits per heavy atom. The fourth-order valence-corrected chi connectivity index (χ4v) is 3.81. The van der Waals surface area contributed by atoms with Gasteiger partial charge in [-0.05, 0) is 61.2 Å². The maximum Gasteiger partial charge on any atom is 0.416 e. The van der Waals surface area contributed by atoms with E-state index in [0.717, 1.165) is 29.0 Å². The van der Waals surface area contributed by atoms with Gasteiger partial charge in [-0.25, -0.2) is 4.99 Å². The van der Waals surface area contributed by atoms with Crippen LogP contribution in [0.4, 0.5) is 18.9 Å². The number of aliphatic hydroxyl groups excluding tert-OH is 1. The largest absolute Gasteiger partial charge is 0.416 e. The SMILES string of the molecule is Cc1ccc(-c2csc(=Nc3cccc(C(F)(F)F)c3)n2CCCO)cc1C. The van der Waals surface area contributed by atoms with Gasteiger partial charge in [0.25, 0.3) is 0 Å². The molecule has 0 fully saturated rings. The zero-order valence-corrected chi connectivity index (χ0v) is 16.4. The summed E-state index contributed by atoms with van der Waals surface area (Å²) >= 11 is 1.37. The van der Waals surface area contributed by atoms with Crippen molar-refractivity contribution in [2.45, 2.75) is 33.0 Å². The zero-order chi connectivity index (χ0) is 20.3. The molecule has 0 amide bonds. The molecule has 1 N–H and O–H groups in total. The van der Waals surface area contributed by atoms with Crippen LogP contribution < -0.4 is 4.80 Å². The Hall–Kier alpha value is -2.38. The minimum atomic E-state index is -4.40. The summed E-state index contributed by atoms with van der Waals surface area (Å²) in [5.74, 6) is 0. The van der Waals surface area contributed by atoms with Crippen LogP contribution in [0, 0.1) is 13.8 Å². The Balaban J connectivity index is 2.10. The molecule has 0 atom stereocenters. The van der Waals surface area contributed by atoms with E-state index in [1.807, 2.05) is 35.9 Å². The van der Waals surface area contributed by atoms with Gasteiger partial charge in [0, 0.05) is 18.5 Å². The number of thiazole rings is 1. The minimum absolute atomic E-state index is 0.0260. The topological polar surface area (TPSA) is 37.5 Å². The van der Waals surface area contributed by atoms with Crippen LogP contribution in [0.2, 0.25) is 0 Å². The smallest absolute Gasteiger partial charge is 0.396 e. The lowest BCUT2D eigenvalue weighted by Gasteiger charge is -2.10. The van der Waals surface area contributed by atoms with E-state index in [1.165, 1.54) is 23.0 Å². The summed E-state index contributed by atoms with van der Waals surface area (Å²) in [5.41, 5.74) is 3.83. The Morgan fingerprint density at radius 1 is 1.07 bits per heavy atom. The molecule has 1 heterocycles. The van der Waals surface area contributed by atoms with Crippen LogP contribution in [0.25, 0.3) is 11.3 Å². The minimum Gasteiger partial charge on any atom is -0.396 e. The van der Waals surface area contributed by atoms with Crippen LogP contribution in [0.5, 0.6) is 0 Å². The molecular formula is C21H21F3N2OS. The molecule has 0 aliphatic rings. The second-order valence-corrected chi connectivity index (χ2v) is 7.43. The average molecular weight is 406 g/mol. The molecular weight excluding hydrogens is 385 g/mol. The van der Waals surface area contributed by atoms with Gasteiger partial charge < -0.3 is 9.67 Å². The lowest BCUT2D eigenvalue weighted by atomic mass is 10.0. The molecule has 0 bridgehead atoms. The van der Waals surface area contributed by atoms with E-state index >= 15 is 0 Å². The third-order valence-electron chi connectivity index (χ3n) is 4.54. The molecule has 0 aliphatic heterocycles. The summed E-state index contributed by atoms with van der Waals surface area (Å²) in [6, 6.07) is 11.1. The van der Waals surface area contributed by atoms with Gasteiger partial charge in [-0.3, -0.25) is 0 Å². The first-order chi connectivity index (χ1) is 13.3. The molecule has 3 rings (SSSR count). The lowest BCUT2D eigenvalue weighted by Crippen LogP contribution is -2.16. The lowest BCUT2D eigenvalue weighted by molar-refractivity contribution is -0.137. The number of aryl methyl sites for hydroxylation is 2. The number of alkyl halides is 3. The molecule has 1 aromatic heterocycles. The van der Waals surface area contributed by atoms with Gasteiger partial charge in [-0.1, -0.05) is 18.2 Å². The number of halogens is 3. The van der Waals surface area contributed by atoms with Crippen molar-refractivity contribution in [1.29, 1.82) is 0 Å². The Labute approximate surface area is 165 Å². The first-order valence-electron chi connectivity index (χ1n) is 8.88. The monoisotopic (exact) mass is 406 g/mol. The van der Waals surface area contributed by atoms with Gasteiger partial charge in [0.15, 0.2) is 4.80 Å². The number of hydrogen-bond acceptors (Lipinski definition) is 3. The van der Waals surface area contributed by atoms with Crippen molar-refractivity contribution in [1.82, 2.24) is 4.57 Å². The summed E-state index contributed by atoms with van der Waals surface area (Å²) in [7, 11) is 0. The number of aliphatic hydroxyl groups is 1. The van der Waals surface area contributed by atoms with Crippen LogP contribution in [0.15, 0.2) is 52.8 Å². The fourth-order valence-electron chi connectivity index (χ4n) is 2.86. The number of hydrogen-bond donors (Lipinski definition) is 1. The average Bonchev–Trinajstić information content (AvgIpc) is 3.04. The van der Waals surface area contributed by atoms with Crippen molar-refractivity contribution in [3.8, 4) is 11.3 Å². The van der Waals surface area contributed by atoms with Crippen molar-refractivity contribution in [3.63, 3.8) is 0 Å². The van der Waals surface area contributed by atoms with Crippen LogP contribution in [-0.2, 0) is 12.7 Å². The quantitative estimate of drug-likeness (QED) is 0.600. The number of nitrogens with zero attached hydrogens (tertiary/aromatic N) is 2. The molecule has 28 heavy (non-hydrogen) atoms. The summed E-state index contributed by atoms with van der Waals surface area (Å²) < 4.78 is 40.9. The molecule has 2 aromatic carbocycles. The Kier molecular flexibility index (Phi) is 6.05. The molecule has 3 aromatic rings. The molecule has 148 valence electrons. The highest BCUT2D eigenvalue weighted by atomic mass is 32.1. The predicted octanol–water partition coefficient (Wildman–Crippen LogP) is 5.47. The number of rotatable bonds is 5. The predicted molar refractivity (Wildman–Crippen MR) is 106 cm³/mol. The molecule has 0 radical (unpaired) electrons. The maximum atomic E-state index is 13.0. The highest BCUT2D eigenvalue weighted by Crippen LogP contribution is 2.31. The van der Waals surface area contributed by atoms with Crippen molar-refractivity contribution in [2.24, 2.45) is 4.99 Å². The molecule has 0 unspecified atom stereocenters. The normalized spacial score (nSPS) is 12.6. The molecule has 3 nitrogen and oxygen atoms in total. The highest BCUT2D eigenvalue weighted by Gasteiger charge is 2.30. The molecule has 0 saturated heterocycles. The van der Waals surface area contributed by atoms with Gasteiger partial charge >= 0.3 is 6.18 Å². The number of aromatic nitrogens is 1. The van der Waals surface area contributed by atoms with Crippen molar-refractivity contribution in [2.75, 3.05) is 6.61 Å². The maximum absolute atomic E-state index is 13.0. The van der Waals surface area contributed by atoms with E-state index in [9.17, 15) is 18.3 Å². The fraction of sp³-hybridized carbons (Fsp3) is 0.286. The van der Waals surface area contributed by atoms with Crippen molar-refractivity contribution in [3.05, 3.63) is 69.3 Å². The second kappa shape index (κ2) is 8.32. The van der Waals surface area contributed by atoms with Crippen molar-refractivity contribution < 1.29 is 18.3 Å². The van der Waals surface area contributed by atoms with Crippen molar-refractivity contribution >= 4 is 17.0 Å². The van der Waals surface area contributed by atoms with Gasteiger partial charge in [0.2, 0.25) is 0 Å². The Bertz CT molecular complexity index is 1030. The van der Waals surface area contributed by atoms with Gasteiger partial charge in [0.1, 0.15) is 0 Å². The highest BCUT2D eigenvalue weighted by molar-refractivity contribution is 7.07. The summed E-state index contributed by atoms with van der Waals surface area (Å²) in [6.45, 7) is 4.64. The summed E-state index contributed by atoms with van der Waals surface area (Å²) in [5, 5.41) is 11.2. The summed E-state index contributed by atoms with van der Waals surface area (Å²) in [6.07, 6.45) is -3.87. The second-order valence-electron chi connectivity index (χ2n) is 6.59. The van der Waals surface area contributed by atoms with Crippen LogP contribution in [0.1, 0.15) is 23.1 Å². The third kappa shape index (κ3) is 4.54. The number of benzene rings is 2. The van der Waals surface area contributed by atoms with E-state index in [4.69, 9.17) is 0 Å². The van der Waals surface area contributed by atoms with Gasteiger partial charge in [0.05, 0.1) is 16.9 Å². The van der Waals surface area contributed by atoms with E-state index in [0.29, 0.717) is 17.8 Å². The van der Waals surface area contributed by atoms with Gasteiger partial charge in [-0.2, -0.15) is 13.2 Å². The van der Waals surface area contributed by atoms with E-state index in [1.54, 1.807) is 6.07 Å². The van der Waals surface area contributed by atoms with Crippen LogP contribution in [-0.4, -0.2) is 16.3 Å². The molecule has 0 saturated carbocycles. The van der Waals surface area contributed by atoms with E-state index in [2.05, 4.69) is 11.1 Å². The zero-order valence-electron chi connectivity index (χ0n) is 15.6. The molecule has 7 heteroatoms. The van der Waals surface area contributed by atoms with E-state index in [-0.39, 0.29) is 12.3 Å². The first kappa shape index (κ1) is 20.4.